The summed E-state index contributed by atoms with van der Waals surface area (Å²) in [4.78, 5) is 2.26. The Hall–Kier alpha value is -0.890. The van der Waals surface area contributed by atoms with Gasteiger partial charge >= 0.3 is 0 Å². The van der Waals surface area contributed by atoms with Crippen molar-refractivity contribution in [2.75, 3.05) is 20.6 Å². The minimum Gasteiger partial charge on any atom is -0.310 e. The molecule has 0 amide bonds. The van der Waals surface area contributed by atoms with E-state index in [4.69, 9.17) is 5.41 Å². The Balaban J connectivity index is 4.57. The van der Waals surface area contributed by atoms with Crippen molar-refractivity contribution in [3.05, 3.63) is 24.3 Å². The summed E-state index contributed by atoms with van der Waals surface area (Å²) in [5.74, 6) is 1.48. The summed E-state index contributed by atoms with van der Waals surface area (Å²) in [6, 6.07) is 0. The van der Waals surface area contributed by atoms with Crippen molar-refractivity contribution in [3.8, 4) is 0 Å². The van der Waals surface area contributed by atoms with Gasteiger partial charge in [0.25, 0.3) is 0 Å². The smallest absolute Gasteiger partial charge is 0.00920 e. The Bertz CT molecular complexity index is 491. The Morgan fingerprint density at radius 2 is 1.15 bits per heavy atom. The fourth-order valence-corrected chi connectivity index (χ4v) is 4.95. The predicted octanol–water partition coefficient (Wildman–Crippen LogP) is 10.4. The molecule has 2 heteroatoms. The first kappa shape index (κ1) is 33.1. The van der Waals surface area contributed by atoms with Gasteiger partial charge in [0.2, 0.25) is 0 Å². The van der Waals surface area contributed by atoms with E-state index in [9.17, 15) is 0 Å². The first-order valence-corrected chi connectivity index (χ1v) is 15.1. The summed E-state index contributed by atoms with van der Waals surface area (Å²) < 4.78 is 0. The van der Waals surface area contributed by atoms with Gasteiger partial charge in [0.05, 0.1) is 0 Å². The van der Waals surface area contributed by atoms with E-state index in [2.05, 4.69) is 64.1 Å². The molecule has 0 saturated carbocycles. The molecule has 2 unspecified atom stereocenters. The normalized spacial score (nSPS) is 13.9. The van der Waals surface area contributed by atoms with Gasteiger partial charge in [0.1, 0.15) is 0 Å². The summed E-state index contributed by atoms with van der Waals surface area (Å²) in [6.45, 7) is 8.08. The van der Waals surface area contributed by atoms with Crippen LogP contribution < -0.4 is 0 Å². The molecule has 0 aromatic rings. The van der Waals surface area contributed by atoms with Crippen LogP contribution in [0.4, 0.5) is 0 Å². The summed E-state index contributed by atoms with van der Waals surface area (Å²) in [7, 11) is 4.29. The van der Waals surface area contributed by atoms with E-state index >= 15 is 0 Å². The van der Waals surface area contributed by atoms with Crippen LogP contribution in [0.3, 0.4) is 0 Å². The third-order valence-corrected chi connectivity index (χ3v) is 7.21. The maximum absolute atomic E-state index is 8.67. The Kier molecular flexibility index (Phi) is 24.6. The third kappa shape index (κ3) is 21.6. The summed E-state index contributed by atoms with van der Waals surface area (Å²) in [6.07, 6.45) is 33.5. The molecule has 2 nitrogen and oxygen atoms in total. The van der Waals surface area contributed by atoms with Gasteiger partial charge in [0.15, 0.2) is 0 Å². The quantitative estimate of drug-likeness (QED) is 0.0795. The average Bonchev–Trinajstić information content (AvgIpc) is 2.82. The highest BCUT2D eigenvalue weighted by Gasteiger charge is 2.20. The second kappa shape index (κ2) is 25.2. The second-order valence-corrected chi connectivity index (χ2v) is 10.8. The zero-order chi connectivity index (χ0) is 25.3. The van der Waals surface area contributed by atoms with E-state index in [-0.39, 0.29) is 0 Å². The van der Waals surface area contributed by atoms with Crippen molar-refractivity contribution in [1.82, 2.24) is 4.90 Å². The van der Waals surface area contributed by atoms with Crippen LogP contribution in [0.5, 0.6) is 0 Å². The number of hydrogen-bond donors (Lipinski definition) is 1. The molecular formula is C32H62N2. The van der Waals surface area contributed by atoms with E-state index in [1.165, 1.54) is 109 Å². The summed E-state index contributed by atoms with van der Waals surface area (Å²) in [5, 5.41) is 8.67. The summed E-state index contributed by atoms with van der Waals surface area (Å²) in [5.41, 5.74) is 1.01. The lowest BCUT2D eigenvalue weighted by Gasteiger charge is -2.27. The number of rotatable bonds is 25. The summed E-state index contributed by atoms with van der Waals surface area (Å²) >= 11 is 0. The zero-order valence-electron chi connectivity index (χ0n) is 24.1. The standard InChI is InChI=1S/C32H62N2/c1-6-9-11-13-15-17-19-21-25-30(8-3)31(26-22-20-18-16-14-12-10-7-2)29-32(33)27-23-24-28-34(4)5/h15-18,30-31,33H,6-14,19-29H2,1-5H3/b17-15-,18-16-,33-32?. The van der Waals surface area contributed by atoms with Crippen LogP contribution in [-0.2, 0) is 0 Å². The molecule has 0 aromatic heterocycles. The molecule has 0 aromatic carbocycles. The molecule has 0 rings (SSSR count). The Labute approximate surface area is 215 Å². The number of nitrogens with one attached hydrogen (secondary N) is 1. The predicted molar refractivity (Wildman–Crippen MR) is 156 cm³/mol. The number of nitrogens with zero attached hydrogens (tertiary/aromatic N) is 1. The van der Waals surface area contributed by atoms with Crippen LogP contribution in [0.1, 0.15) is 143 Å². The molecule has 0 fully saturated rings. The van der Waals surface area contributed by atoms with Gasteiger partial charge in [-0.1, -0.05) is 77.2 Å². The van der Waals surface area contributed by atoms with Gasteiger partial charge in [-0.3, -0.25) is 0 Å². The molecule has 0 saturated heterocycles. The maximum atomic E-state index is 8.67. The molecule has 200 valence electrons. The molecule has 1 N–H and O–H groups in total. The van der Waals surface area contributed by atoms with Crippen molar-refractivity contribution < 1.29 is 0 Å². The number of allylic oxidation sites excluding steroid dienone is 4. The largest absolute Gasteiger partial charge is 0.310 e. The van der Waals surface area contributed by atoms with Crippen molar-refractivity contribution in [1.29, 1.82) is 5.41 Å². The molecule has 0 heterocycles. The maximum Gasteiger partial charge on any atom is 0.00920 e. The fourth-order valence-electron chi connectivity index (χ4n) is 4.95. The molecule has 0 spiro atoms. The van der Waals surface area contributed by atoms with Crippen LogP contribution in [0, 0.1) is 17.2 Å². The molecular weight excluding hydrogens is 412 g/mol. The minimum absolute atomic E-state index is 0.702. The van der Waals surface area contributed by atoms with Gasteiger partial charge in [-0.25, -0.2) is 0 Å². The van der Waals surface area contributed by atoms with E-state index < -0.39 is 0 Å². The average molecular weight is 475 g/mol. The molecule has 0 bridgehead atoms. The fraction of sp³-hybridized carbons (Fsp3) is 0.844. The first-order valence-electron chi connectivity index (χ1n) is 15.1. The van der Waals surface area contributed by atoms with E-state index in [0.29, 0.717) is 5.92 Å². The third-order valence-electron chi connectivity index (χ3n) is 7.21. The Morgan fingerprint density at radius 1 is 0.647 bits per heavy atom. The van der Waals surface area contributed by atoms with Crippen molar-refractivity contribution in [2.24, 2.45) is 11.8 Å². The lowest BCUT2D eigenvalue weighted by atomic mass is 9.79. The minimum atomic E-state index is 0.702. The van der Waals surface area contributed by atoms with Crippen LogP contribution in [0.15, 0.2) is 24.3 Å². The van der Waals surface area contributed by atoms with Crippen molar-refractivity contribution in [2.45, 2.75) is 143 Å². The molecule has 2 atom stereocenters. The number of hydrogen-bond acceptors (Lipinski definition) is 2. The molecule has 34 heavy (non-hydrogen) atoms. The van der Waals surface area contributed by atoms with Gasteiger partial charge in [-0.2, -0.15) is 0 Å². The molecule has 0 aliphatic carbocycles. The van der Waals surface area contributed by atoms with E-state index in [1.54, 1.807) is 0 Å². The first-order chi connectivity index (χ1) is 16.5. The monoisotopic (exact) mass is 474 g/mol. The lowest BCUT2D eigenvalue weighted by Crippen LogP contribution is -2.19. The molecule has 0 aliphatic heterocycles. The van der Waals surface area contributed by atoms with Crippen LogP contribution in [0.2, 0.25) is 0 Å². The van der Waals surface area contributed by atoms with Crippen molar-refractivity contribution >= 4 is 5.71 Å². The highest BCUT2D eigenvalue weighted by Crippen LogP contribution is 2.30. The lowest BCUT2D eigenvalue weighted by molar-refractivity contribution is 0.283. The van der Waals surface area contributed by atoms with E-state index in [0.717, 1.165) is 31.0 Å². The molecule has 0 radical (unpaired) electrons. The molecule has 0 aliphatic rings. The topological polar surface area (TPSA) is 27.1 Å². The van der Waals surface area contributed by atoms with Gasteiger partial charge < -0.3 is 10.3 Å². The van der Waals surface area contributed by atoms with Gasteiger partial charge in [-0.05, 0) is 122 Å². The highest BCUT2D eigenvalue weighted by molar-refractivity contribution is 5.81. The highest BCUT2D eigenvalue weighted by atomic mass is 15.0. The Morgan fingerprint density at radius 3 is 1.62 bits per heavy atom. The van der Waals surface area contributed by atoms with Crippen molar-refractivity contribution in [3.63, 3.8) is 0 Å². The van der Waals surface area contributed by atoms with Gasteiger partial charge in [-0.15, -0.1) is 0 Å². The zero-order valence-corrected chi connectivity index (χ0v) is 24.1. The second-order valence-electron chi connectivity index (χ2n) is 10.8. The van der Waals surface area contributed by atoms with E-state index in [1.807, 2.05) is 0 Å². The SMILES string of the molecule is CCCCC/C=C\CCCC(CC)C(CCC/C=C\CCCCC)CC(=N)CCCCN(C)C. The van der Waals surface area contributed by atoms with Crippen LogP contribution >= 0.6 is 0 Å². The van der Waals surface area contributed by atoms with Crippen LogP contribution in [-0.4, -0.2) is 31.3 Å². The van der Waals surface area contributed by atoms with Crippen LogP contribution in [0.25, 0.3) is 0 Å². The van der Waals surface area contributed by atoms with Gasteiger partial charge in [0, 0.05) is 5.71 Å². The number of unbranched alkanes of at least 4 members (excludes halogenated alkanes) is 9.